The highest BCUT2D eigenvalue weighted by atomic mass is 79.9. The summed E-state index contributed by atoms with van der Waals surface area (Å²) in [7, 11) is 0. The molecule has 1 unspecified atom stereocenters. The molecule has 1 N–H and O–H groups in total. The van der Waals surface area contributed by atoms with Gasteiger partial charge in [0.15, 0.2) is 5.16 Å². The molecular formula is C17H20BrN3OS. The maximum absolute atomic E-state index is 12.3. The van der Waals surface area contributed by atoms with Gasteiger partial charge < -0.3 is 5.32 Å². The fraction of sp³-hybridized carbons (Fsp3) is 0.412. The Bertz CT molecular complexity index is 665. The lowest BCUT2D eigenvalue weighted by Gasteiger charge is -2.16. The number of amides is 1. The van der Waals surface area contributed by atoms with Crippen LogP contribution in [0, 0.1) is 0 Å². The summed E-state index contributed by atoms with van der Waals surface area (Å²) in [5.74, 6) is 0.104. The molecule has 2 aromatic rings. The van der Waals surface area contributed by atoms with Crippen molar-refractivity contribution in [1.29, 1.82) is 0 Å². The van der Waals surface area contributed by atoms with Crippen LogP contribution in [0.2, 0.25) is 0 Å². The van der Waals surface area contributed by atoms with Crippen LogP contribution in [0.4, 0.5) is 0 Å². The normalized spacial score (nSPS) is 16.4. The molecule has 1 amide bonds. The number of benzene rings is 1. The molecule has 1 heterocycles. The zero-order valence-electron chi connectivity index (χ0n) is 13.0. The first-order chi connectivity index (χ1) is 11.1. The standard InChI is InChI=1S/C17H20BrN3OS/c1-12(16(22)20-14-4-2-3-5-14)23-17-19-10-11-21(17)15-8-6-13(18)7-9-15/h6-12,14H,2-5H2,1H3,(H,20,22). The summed E-state index contributed by atoms with van der Waals surface area (Å²) < 4.78 is 3.05. The van der Waals surface area contributed by atoms with E-state index < -0.39 is 0 Å². The second kappa shape index (κ2) is 7.53. The average Bonchev–Trinajstić information content (AvgIpc) is 3.20. The third-order valence-corrected chi connectivity index (χ3v) is 5.67. The summed E-state index contributed by atoms with van der Waals surface area (Å²) in [6, 6.07) is 8.41. The number of carbonyl (C=O) groups excluding carboxylic acids is 1. The van der Waals surface area contributed by atoms with Gasteiger partial charge in [-0.3, -0.25) is 9.36 Å². The van der Waals surface area contributed by atoms with Crippen molar-refractivity contribution >= 4 is 33.6 Å². The minimum Gasteiger partial charge on any atom is -0.352 e. The Morgan fingerprint density at radius 2 is 2.04 bits per heavy atom. The van der Waals surface area contributed by atoms with E-state index in [0.29, 0.717) is 6.04 Å². The maximum atomic E-state index is 12.3. The van der Waals surface area contributed by atoms with E-state index in [4.69, 9.17) is 0 Å². The second-order valence-electron chi connectivity index (χ2n) is 5.81. The molecule has 0 spiro atoms. The molecule has 0 saturated heterocycles. The second-order valence-corrected chi connectivity index (χ2v) is 8.03. The summed E-state index contributed by atoms with van der Waals surface area (Å²) >= 11 is 4.94. The van der Waals surface area contributed by atoms with Crippen molar-refractivity contribution in [2.75, 3.05) is 0 Å². The average molecular weight is 394 g/mol. The van der Waals surface area contributed by atoms with Crippen LogP contribution >= 0.6 is 27.7 Å². The van der Waals surface area contributed by atoms with E-state index in [-0.39, 0.29) is 11.2 Å². The van der Waals surface area contributed by atoms with Gasteiger partial charge in [-0.05, 0) is 44.0 Å². The number of imidazole rings is 1. The third-order valence-electron chi connectivity index (χ3n) is 4.06. The van der Waals surface area contributed by atoms with Crippen LogP contribution in [0.15, 0.2) is 46.3 Å². The minimum absolute atomic E-state index is 0.104. The van der Waals surface area contributed by atoms with Gasteiger partial charge in [0.2, 0.25) is 5.91 Å². The molecule has 1 aliphatic rings. The van der Waals surface area contributed by atoms with Gasteiger partial charge in [-0.1, -0.05) is 40.5 Å². The predicted octanol–water partition coefficient (Wildman–Crippen LogP) is 4.17. The lowest BCUT2D eigenvalue weighted by Crippen LogP contribution is -2.37. The van der Waals surface area contributed by atoms with E-state index in [2.05, 4.69) is 26.2 Å². The van der Waals surface area contributed by atoms with Crippen LogP contribution < -0.4 is 5.32 Å². The molecule has 4 nitrogen and oxygen atoms in total. The molecule has 122 valence electrons. The van der Waals surface area contributed by atoms with Crippen LogP contribution in [0.3, 0.4) is 0 Å². The van der Waals surface area contributed by atoms with Gasteiger partial charge in [0, 0.05) is 28.6 Å². The van der Waals surface area contributed by atoms with E-state index in [1.54, 1.807) is 6.20 Å². The first-order valence-electron chi connectivity index (χ1n) is 7.90. The van der Waals surface area contributed by atoms with E-state index in [0.717, 1.165) is 28.2 Å². The van der Waals surface area contributed by atoms with E-state index >= 15 is 0 Å². The van der Waals surface area contributed by atoms with Crippen molar-refractivity contribution in [3.8, 4) is 5.69 Å². The van der Waals surface area contributed by atoms with Crippen LogP contribution in [-0.4, -0.2) is 26.8 Å². The Kier molecular flexibility index (Phi) is 5.43. The summed E-state index contributed by atoms with van der Waals surface area (Å²) in [5, 5.41) is 3.83. The first kappa shape index (κ1) is 16.6. The largest absolute Gasteiger partial charge is 0.352 e. The van der Waals surface area contributed by atoms with Crippen molar-refractivity contribution in [2.24, 2.45) is 0 Å². The Hall–Kier alpha value is -1.27. The number of nitrogens with one attached hydrogen (secondary N) is 1. The van der Waals surface area contributed by atoms with E-state index in [1.807, 2.05) is 42.0 Å². The quantitative estimate of drug-likeness (QED) is 0.775. The van der Waals surface area contributed by atoms with Crippen LogP contribution in [-0.2, 0) is 4.79 Å². The molecule has 1 atom stereocenters. The maximum Gasteiger partial charge on any atom is 0.233 e. The first-order valence-corrected chi connectivity index (χ1v) is 9.57. The van der Waals surface area contributed by atoms with Gasteiger partial charge in [0.05, 0.1) is 5.25 Å². The molecule has 0 bridgehead atoms. The molecule has 1 aromatic carbocycles. The molecule has 0 radical (unpaired) electrons. The summed E-state index contributed by atoms with van der Waals surface area (Å²) in [6.45, 7) is 1.94. The lowest BCUT2D eigenvalue weighted by molar-refractivity contribution is -0.120. The Balaban J connectivity index is 1.67. The fourth-order valence-electron chi connectivity index (χ4n) is 2.78. The molecule has 1 aromatic heterocycles. The summed E-state index contributed by atoms with van der Waals surface area (Å²) in [4.78, 5) is 16.7. The minimum atomic E-state index is -0.160. The third kappa shape index (κ3) is 4.18. The predicted molar refractivity (Wildman–Crippen MR) is 97.0 cm³/mol. The van der Waals surface area contributed by atoms with Crippen LogP contribution in [0.25, 0.3) is 5.69 Å². The summed E-state index contributed by atoms with van der Waals surface area (Å²) in [5.41, 5.74) is 1.04. The highest BCUT2D eigenvalue weighted by Crippen LogP contribution is 2.26. The van der Waals surface area contributed by atoms with E-state index in [9.17, 15) is 4.79 Å². The van der Waals surface area contributed by atoms with Gasteiger partial charge in [-0.2, -0.15) is 0 Å². The molecule has 3 rings (SSSR count). The van der Waals surface area contributed by atoms with Crippen LogP contribution in [0.1, 0.15) is 32.6 Å². The molecule has 0 aliphatic heterocycles. The number of halogens is 1. The smallest absolute Gasteiger partial charge is 0.233 e. The highest BCUT2D eigenvalue weighted by molar-refractivity contribution is 9.10. The molecule has 1 aliphatic carbocycles. The van der Waals surface area contributed by atoms with Gasteiger partial charge in [0.1, 0.15) is 0 Å². The molecule has 1 fully saturated rings. The fourth-order valence-corrected chi connectivity index (χ4v) is 3.93. The topological polar surface area (TPSA) is 46.9 Å². The Labute approximate surface area is 149 Å². The number of hydrogen-bond acceptors (Lipinski definition) is 3. The van der Waals surface area contributed by atoms with Crippen molar-refractivity contribution in [2.45, 2.75) is 49.1 Å². The van der Waals surface area contributed by atoms with Gasteiger partial charge >= 0.3 is 0 Å². The Morgan fingerprint density at radius 1 is 1.35 bits per heavy atom. The van der Waals surface area contributed by atoms with Gasteiger partial charge in [-0.15, -0.1) is 0 Å². The number of thioether (sulfide) groups is 1. The molecular weight excluding hydrogens is 374 g/mol. The Morgan fingerprint density at radius 3 is 2.74 bits per heavy atom. The van der Waals surface area contributed by atoms with Crippen molar-refractivity contribution in [3.05, 3.63) is 41.1 Å². The van der Waals surface area contributed by atoms with Crippen molar-refractivity contribution in [3.63, 3.8) is 0 Å². The SMILES string of the molecule is CC(Sc1nccn1-c1ccc(Br)cc1)C(=O)NC1CCCC1. The number of aromatic nitrogens is 2. The highest BCUT2D eigenvalue weighted by Gasteiger charge is 2.22. The van der Waals surface area contributed by atoms with E-state index in [1.165, 1.54) is 24.6 Å². The number of rotatable bonds is 5. The zero-order valence-corrected chi connectivity index (χ0v) is 15.4. The molecule has 1 saturated carbocycles. The van der Waals surface area contributed by atoms with Crippen LogP contribution in [0.5, 0.6) is 0 Å². The number of carbonyl (C=O) groups is 1. The summed E-state index contributed by atoms with van der Waals surface area (Å²) in [6.07, 6.45) is 8.35. The van der Waals surface area contributed by atoms with Crippen molar-refractivity contribution < 1.29 is 4.79 Å². The van der Waals surface area contributed by atoms with Gasteiger partial charge in [0.25, 0.3) is 0 Å². The monoisotopic (exact) mass is 393 g/mol. The lowest BCUT2D eigenvalue weighted by atomic mass is 10.2. The zero-order chi connectivity index (χ0) is 16.2. The number of nitrogens with zero attached hydrogens (tertiary/aromatic N) is 2. The number of hydrogen-bond donors (Lipinski definition) is 1. The van der Waals surface area contributed by atoms with Gasteiger partial charge in [-0.25, -0.2) is 4.98 Å². The van der Waals surface area contributed by atoms with Crippen molar-refractivity contribution in [1.82, 2.24) is 14.9 Å². The molecule has 6 heteroatoms. The molecule has 23 heavy (non-hydrogen) atoms.